The predicted octanol–water partition coefficient (Wildman–Crippen LogP) is 6.62. The Labute approximate surface area is 218 Å². The first kappa shape index (κ1) is 28.4. The van der Waals surface area contributed by atoms with Crippen LogP contribution in [0.25, 0.3) is 0 Å². The maximum Gasteiger partial charge on any atom is 0.417 e. The van der Waals surface area contributed by atoms with Gasteiger partial charge in [0.1, 0.15) is 0 Å². The molecule has 2 aliphatic rings. The minimum atomic E-state index is -4.57. The average molecular weight is 515 g/mol. The first-order chi connectivity index (χ1) is 17.2. The van der Waals surface area contributed by atoms with E-state index in [4.69, 9.17) is 5.26 Å². The van der Waals surface area contributed by atoms with Crippen LogP contribution in [-0.4, -0.2) is 43.0 Å². The smallest absolute Gasteiger partial charge is 0.382 e. The average Bonchev–Trinajstić information content (AvgIpc) is 2.88. The molecule has 0 radical (unpaired) electrons. The number of hydrogen-bond donors (Lipinski definition) is 1. The van der Waals surface area contributed by atoms with E-state index in [0.717, 1.165) is 38.4 Å². The third-order valence-corrected chi connectivity index (χ3v) is 7.44. The molecule has 0 spiro atoms. The van der Waals surface area contributed by atoms with Crippen LogP contribution in [0.15, 0.2) is 42.5 Å². The van der Waals surface area contributed by atoms with E-state index in [1.165, 1.54) is 23.4 Å². The van der Waals surface area contributed by atoms with Crippen molar-refractivity contribution in [3.05, 3.63) is 59.2 Å². The largest absolute Gasteiger partial charge is 0.417 e. The Bertz CT molecular complexity index is 1080. The molecule has 37 heavy (non-hydrogen) atoms. The lowest BCUT2D eigenvalue weighted by molar-refractivity contribution is -0.137. The lowest BCUT2D eigenvalue weighted by atomic mass is 9.91. The van der Waals surface area contributed by atoms with Crippen LogP contribution in [0.4, 0.5) is 24.5 Å². The quantitative estimate of drug-likeness (QED) is 0.471. The molecule has 0 aromatic heterocycles. The Kier molecular flexibility index (Phi) is 9.47. The first-order valence-electron chi connectivity index (χ1n) is 12.7. The molecule has 4 rings (SSSR count). The van der Waals surface area contributed by atoms with Crippen molar-refractivity contribution >= 4 is 17.3 Å². The molecule has 2 fully saturated rings. The summed E-state index contributed by atoms with van der Waals surface area (Å²) in [6.45, 7) is 5.33. The van der Waals surface area contributed by atoms with E-state index in [0.29, 0.717) is 44.0 Å². The van der Waals surface area contributed by atoms with E-state index in [9.17, 15) is 18.0 Å². The maximum atomic E-state index is 13.2. The third kappa shape index (κ3) is 7.41. The van der Waals surface area contributed by atoms with Crippen molar-refractivity contribution in [2.75, 3.05) is 36.4 Å². The van der Waals surface area contributed by atoms with Gasteiger partial charge in [-0.1, -0.05) is 25.1 Å². The van der Waals surface area contributed by atoms with E-state index in [1.54, 1.807) is 6.07 Å². The van der Waals surface area contributed by atoms with E-state index in [-0.39, 0.29) is 24.9 Å². The highest BCUT2D eigenvalue weighted by atomic mass is 19.4. The van der Waals surface area contributed by atoms with Crippen molar-refractivity contribution in [2.45, 2.75) is 65.1 Å². The lowest BCUT2D eigenvalue weighted by Gasteiger charge is -2.35. The van der Waals surface area contributed by atoms with Crippen molar-refractivity contribution in [1.29, 1.82) is 5.26 Å². The normalized spacial score (nSPS) is 17.2. The fourth-order valence-electron chi connectivity index (χ4n) is 5.20. The molecule has 2 aromatic carbocycles. The number of nitrogens with zero attached hydrogens (tertiary/aromatic N) is 3. The zero-order valence-electron chi connectivity index (χ0n) is 20.7. The summed E-state index contributed by atoms with van der Waals surface area (Å²) in [7, 11) is 0. The monoisotopic (exact) mass is 514 g/mol. The fraction of sp³-hybridized carbons (Fsp3) is 0.517. The number of nitrogens with one attached hydrogen (secondary N) is 1. The molecule has 1 amide bonds. The Morgan fingerprint density at radius 2 is 1.68 bits per heavy atom. The van der Waals surface area contributed by atoms with Crippen LogP contribution in [0.1, 0.15) is 62.6 Å². The highest BCUT2D eigenvalue weighted by molar-refractivity contribution is 5.76. The summed E-state index contributed by atoms with van der Waals surface area (Å²) in [5, 5.41) is 12.1. The molecule has 0 atom stereocenters. The zero-order valence-corrected chi connectivity index (χ0v) is 20.7. The van der Waals surface area contributed by atoms with Crippen LogP contribution in [-0.2, 0) is 11.0 Å². The minimum Gasteiger partial charge on any atom is -0.382 e. The van der Waals surface area contributed by atoms with Crippen molar-refractivity contribution < 1.29 is 18.0 Å². The fourth-order valence-corrected chi connectivity index (χ4v) is 5.20. The summed E-state index contributed by atoms with van der Waals surface area (Å²) in [5.41, 5.74) is 1.57. The van der Waals surface area contributed by atoms with Gasteiger partial charge >= 0.3 is 6.18 Å². The number of alkyl halides is 3. The van der Waals surface area contributed by atoms with E-state index < -0.39 is 11.7 Å². The van der Waals surface area contributed by atoms with E-state index in [1.807, 2.05) is 4.90 Å². The molecule has 2 aromatic rings. The lowest BCUT2D eigenvalue weighted by Crippen LogP contribution is -2.42. The predicted molar refractivity (Wildman–Crippen MR) is 141 cm³/mol. The summed E-state index contributed by atoms with van der Waals surface area (Å²) in [4.78, 5) is 17.1. The molecule has 5 nitrogen and oxygen atoms in total. The number of anilines is 2. The molecule has 200 valence electrons. The van der Waals surface area contributed by atoms with E-state index in [2.05, 4.69) is 41.4 Å². The van der Waals surface area contributed by atoms with Crippen LogP contribution in [0.5, 0.6) is 0 Å². The van der Waals surface area contributed by atoms with Crippen LogP contribution < -0.4 is 10.2 Å². The van der Waals surface area contributed by atoms with Gasteiger partial charge in [-0.15, -0.1) is 0 Å². The van der Waals surface area contributed by atoms with Crippen LogP contribution in [0, 0.1) is 24.2 Å². The number of amides is 1. The first-order valence-corrected chi connectivity index (χ1v) is 12.7. The molecule has 0 unspecified atom stereocenters. The SMILES string of the molecule is C.Cc1ccc(N2CCC(CCC(=O)N3CCC(Nc4ccc(C#N)c(C(F)(F)F)c4)CC3)CC2)cc1. The van der Waals surface area contributed by atoms with Gasteiger partial charge in [0.2, 0.25) is 5.91 Å². The van der Waals surface area contributed by atoms with Gasteiger partial charge in [-0.2, -0.15) is 18.4 Å². The minimum absolute atomic E-state index is 0. The zero-order chi connectivity index (χ0) is 25.7. The molecule has 2 aliphatic heterocycles. The summed E-state index contributed by atoms with van der Waals surface area (Å²) >= 11 is 0. The molecule has 0 bridgehead atoms. The number of aryl methyl sites for hydroxylation is 1. The van der Waals surface area contributed by atoms with E-state index >= 15 is 0 Å². The van der Waals surface area contributed by atoms with Crippen molar-refractivity contribution in [3.8, 4) is 6.07 Å². The van der Waals surface area contributed by atoms with Crippen LogP contribution >= 0.6 is 0 Å². The number of carbonyl (C=O) groups is 1. The molecular formula is C29H37F3N4O. The van der Waals surface area contributed by atoms with Gasteiger partial charge in [-0.25, -0.2) is 0 Å². The summed E-state index contributed by atoms with van der Waals surface area (Å²) in [6, 6.07) is 13.9. The number of halogens is 3. The molecule has 8 heteroatoms. The molecule has 1 N–H and O–H groups in total. The molecule has 0 aliphatic carbocycles. The Hall–Kier alpha value is -3.21. The maximum absolute atomic E-state index is 13.2. The number of carbonyl (C=O) groups excluding carboxylic acids is 1. The second-order valence-electron chi connectivity index (χ2n) is 9.97. The summed E-state index contributed by atoms with van der Waals surface area (Å²) < 4.78 is 39.7. The second kappa shape index (κ2) is 12.4. The number of hydrogen-bond acceptors (Lipinski definition) is 4. The van der Waals surface area contributed by atoms with Gasteiger partial charge in [0, 0.05) is 50.0 Å². The number of nitriles is 1. The van der Waals surface area contributed by atoms with Gasteiger partial charge in [0.25, 0.3) is 0 Å². The standard InChI is InChI=1S/C28H33F3N4O.CH4/c1-20-2-7-25(8-3-20)34-14-10-21(11-15-34)4-9-27(36)35-16-12-23(13-17-35)33-24-6-5-22(19-32)26(18-24)28(29,30)31;/h2-3,5-8,18,21,23,33H,4,9-17H2,1H3;1H4. The number of likely N-dealkylation sites (tertiary alicyclic amines) is 1. The molecule has 0 saturated carbocycles. The number of rotatable bonds is 6. The third-order valence-electron chi connectivity index (χ3n) is 7.44. The van der Waals surface area contributed by atoms with Crippen molar-refractivity contribution in [3.63, 3.8) is 0 Å². The summed E-state index contributed by atoms with van der Waals surface area (Å²) in [6.07, 6.45) is 0.442. The Balaban J connectivity index is 0.00000380. The number of benzene rings is 2. The van der Waals surface area contributed by atoms with Gasteiger partial charge in [-0.05, 0) is 75.3 Å². The van der Waals surface area contributed by atoms with Crippen LogP contribution in [0.2, 0.25) is 0 Å². The molecular weight excluding hydrogens is 477 g/mol. The second-order valence-corrected chi connectivity index (χ2v) is 9.97. The highest BCUT2D eigenvalue weighted by Crippen LogP contribution is 2.34. The van der Waals surface area contributed by atoms with Gasteiger partial charge in [-0.3, -0.25) is 4.79 Å². The van der Waals surface area contributed by atoms with Crippen molar-refractivity contribution in [1.82, 2.24) is 4.90 Å². The highest BCUT2D eigenvalue weighted by Gasteiger charge is 2.34. The Morgan fingerprint density at radius 1 is 1.03 bits per heavy atom. The van der Waals surface area contributed by atoms with Crippen molar-refractivity contribution in [2.24, 2.45) is 5.92 Å². The molecule has 2 heterocycles. The topological polar surface area (TPSA) is 59.4 Å². The van der Waals surface area contributed by atoms with Gasteiger partial charge in [0.05, 0.1) is 17.2 Å². The molecule has 2 saturated heterocycles. The van der Waals surface area contributed by atoms with Crippen LogP contribution in [0.3, 0.4) is 0 Å². The summed E-state index contributed by atoms with van der Waals surface area (Å²) in [5.74, 6) is 0.737. The van der Waals surface area contributed by atoms with Gasteiger partial charge < -0.3 is 15.1 Å². The number of piperidine rings is 2. The van der Waals surface area contributed by atoms with Gasteiger partial charge in [0.15, 0.2) is 0 Å². The Morgan fingerprint density at radius 3 is 2.27 bits per heavy atom.